The van der Waals surface area contributed by atoms with Crippen LogP contribution in [-0.4, -0.2) is 34.7 Å². The van der Waals surface area contributed by atoms with Crippen LogP contribution in [0.5, 0.6) is 0 Å². The highest BCUT2D eigenvalue weighted by atomic mass is 35.5. The van der Waals surface area contributed by atoms with E-state index in [9.17, 15) is 8.42 Å². The van der Waals surface area contributed by atoms with Gasteiger partial charge in [-0.05, 0) is 25.1 Å². The third kappa shape index (κ3) is 4.78. The van der Waals surface area contributed by atoms with E-state index in [0.717, 1.165) is 0 Å². The largest absolute Gasteiger partial charge is 0.383 e. The Hall–Kier alpha value is -1.10. The molecule has 3 N–H and O–H groups in total. The second-order valence-electron chi connectivity index (χ2n) is 4.13. The maximum absolute atomic E-state index is 12.2. The van der Waals surface area contributed by atoms with Gasteiger partial charge in [-0.15, -0.1) is 0 Å². The summed E-state index contributed by atoms with van der Waals surface area (Å²) >= 11 is 6.00. The molecule has 0 spiro atoms. The van der Waals surface area contributed by atoms with E-state index < -0.39 is 10.0 Å². The number of ether oxygens (including phenoxy) is 1. The van der Waals surface area contributed by atoms with E-state index >= 15 is 0 Å². The number of halogens is 1. The van der Waals surface area contributed by atoms with Crippen LogP contribution in [0.15, 0.2) is 23.1 Å². The highest BCUT2D eigenvalue weighted by Gasteiger charge is 2.20. The topological polar surface area (TPSA) is 81.4 Å². The summed E-state index contributed by atoms with van der Waals surface area (Å²) in [5.74, 6) is 5.47. The molecule has 1 aromatic carbocycles. The fourth-order valence-corrected chi connectivity index (χ4v) is 3.33. The Kier molecular flexibility index (Phi) is 6.46. The van der Waals surface area contributed by atoms with Crippen molar-refractivity contribution in [2.24, 2.45) is 5.73 Å². The molecule has 1 aromatic rings. The van der Waals surface area contributed by atoms with Crippen molar-refractivity contribution in [3.05, 3.63) is 28.8 Å². The normalized spacial score (nSPS) is 12.6. The average Bonchev–Trinajstić information content (AvgIpc) is 2.35. The lowest BCUT2D eigenvalue weighted by atomic mass is 10.2. The number of methoxy groups -OCH3 is 1. The van der Waals surface area contributed by atoms with E-state index in [1.165, 1.54) is 19.2 Å². The van der Waals surface area contributed by atoms with Crippen LogP contribution in [0.25, 0.3) is 0 Å². The highest BCUT2D eigenvalue weighted by Crippen LogP contribution is 2.22. The van der Waals surface area contributed by atoms with Crippen molar-refractivity contribution in [2.75, 3.05) is 20.3 Å². The smallest absolute Gasteiger partial charge is 0.242 e. The van der Waals surface area contributed by atoms with Crippen LogP contribution in [0, 0.1) is 11.8 Å². The van der Waals surface area contributed by atoms with Crippen molar-refractivity contribution in [1.29, 1.82) is 0 Å². The van der Waals surface area contributed by atoms with Gasteiger partial charge in [-0.1, -0.05) is 23.4 Å². The van der Waals surface area contributed by atoms with Crippen molar-refractivity contribution < 1.29 is 13.2 Å². The number of rotatable bonds is 5. The van der Waals surface area contributed by atoms with Crippen molar-refractivity contribution >= 4 is 21.6 Å². The molecule has 0 bridgehead atoms. The van der Waals surface area contributed by atoms with Crippen molar-refractivity contribution in [3.8, 4) is 11.8 Å². The lowest BCUT2D eigenvalue weighted by molar-refractivity contribution is 0.180. The molecular weight excluding hydrogens is 300 g/mol. The third-order valence-electron chi connectivity index (χ3n) is 2.33. The van der Waals surface area contributed by atoms with Crippen LogP contribution in [0.3, 0.4) is 0 Å². The molecule has 0 aliphatic carbocycles. The fraction of sp³-hybridized carbons (Fsp3) is 0.385. The van der Waals surface area contributed by atoms with E-state index in [1.807, 2.05) is 0 Å². The molecule has 20 heavy (non-hydrogen) atoms. The molecule has 5 nitrogen and oxygen atoms in total. The predicted octanol–water partition coefficient (Wildman–Crippen LogP) is 0.963. The number of hydrogen-bond acceptors (Lipinski definition) is 4. The fourth-order valence-electron chi connectivity index (χ4n) is 1.56. The lowest BCUT2D eigenvalue weighted by Crippen LogP contribution is -2.35. The molecule has 110 valence electrons. The summed E-state index contributed by atoms with van der Waals surface area (Å²) in [4.78, 5) is 0.0143. The highest BCUT2D eigenvalue weighted by molar-refractivity contribution is 7.89. The van der Waals surface area contributed by atoms with E-state index in [4.69, 9.17) is 22.1 Å². The van der Waals surface area contributed by atoms with Crippen molar-refractivity contribution in [3.63, 3.8) is 0 Å². The molecule has 1 atom stereocenters. The Morgan fingerprint density at radius 3 is 2.75 bits per heavy atom. The summed E-state index contributed by atoms with van der Waals surface area (Å²) in [7, 11) is -2.18. The maximum Gasteiger partial charge on any atom is 0.242 e. The van der Waals surface area contributed by atoms with Gasteiger partial charge >= 0.3 is 0 Å². The number of nitrogens with one attached hydrogen (secondary N) is 1. The molecule has 0 radical (unpaired) electrons. The Morgan fingerprint density at radius 2 is 2.20 bits per heavy atom. The zero-order valence-corrected chi connectivity index (χ0v) is 12.9. The van der Waals surface area contributed by atoms with E-state index in [-0.39, 0.29) is 29.1 Å². The molecular formula is C13H17ClN2O3S. The SMILES string of the molecule is COCC(C)NS(=O)(=O)c1ccc(C#CCN)cc1Cl. The number of sulfonamides is 1. The van der Waals surface area contributed by atoms with Gasteiger partial charge in [0.15, 0.2) is 0 Å². The zero-order valence-electron chi connectivity index (χ0n) is 11.3. The first-order chi connectivity index (χ1) is 9.40. The van der Waals surface area contributed by atoms with Gasteiger partial charge in [-0.25, -0.2) is 13.1 Å². The molecule has 0 aliphatic rings. The molecule has 1 unspecified atom stereocenters. The summed E-state index contributed by atoms with van der Waals surface area (Å²) in [6, 6.07) is 4.16. The Balaban J connectivity index is 3.01. The maximum atomic E-state index is 12.2. The summed E-state index contributed by atoms with van der Waals surface area (Å²) in [5.41, 5.74) is 5.89. The van der Waals surface area contributed by atoms with Crippen LogP contribution in [0.2, 0.25) is 5.02 Å². The number of nitrogens with two attached hydrogens (primary N) is 1. The zero-order chi connectivity index (χ0) is 15.2. The molecule has 1 rings (SSSR count). The first-order valence-electron chi connectivity index (χ1n) is 5.90. The van der Waals surface area contributed by atoms with Gasteiger partial charge in [0.2, 0.25) is 10.0 Å². The van der Waals surface area contributed by atoms with Gasteiger partial charge in [0, 0.05) is 18.7 Å². The van der Waals surface area contributed by atoms with E-state index in [2.05, 4.69) is 16.6 Å². The molecule has 0 amide bonds. The van der Waals surface area contributed by atoms with Crippen LogP contribution in [-0.2, 0) is 14.8 Å². The van der Waals surface area contributed by atoms with Gasteiger partial charge in [-0.2, -0.15) is 0 Å². The van der Waals surface area contributed by atoms with Crippen LogP contribution in [0.1, 0.15) is 12.5 Å². The minimum Gasteiger partial charge on any atom is -0.383 e. The first-order valence-corrected chi connectivity index (χ1v) is 7.76. The Bertz CT molecular complexity index is 620. The van der Waals surface area contributed by atoms with E-state index in [1.54, 1.807) is 13.0 Å². The average molecular weight is 317 g/mol. The molecule has 0 aromatic heterocycles. The summed E-state index contributed by atoms with van der Waals surface area (Å²) in [5, 5.41) is 0.117. The molecule has 0 heterocycles. The summed E-state index contributed by atoms with van der Waals surface area (Å²) in [6.07, 6.45) is 0. The molecule has 7 heteroatoms. The summed E-state index contributed by atoms with van der Waals surface area (Å²) in [6.45, 7) is 2.21. The minimum atomic E-state index is -3.68. The second-order valence-corrected chi connectivity index (χ2v) is 6.22. The number of benzene rings is 1. The Morgan fingerprint density at radius 1 is 1.50 bits per heavy atom. The van der Waals surface area contributed by atoms with Gasteiger partial charge in [0.25, 0.3) is 0 Å². The standard InChI is InChI=1S/C13H17ClN2O3S/c1-10(9-19-2)16-20(17,18)13-6-5-11(4-3-7-15)8-12(13)14/h5-6,8,10,16H,7,9,15H2,1-2H3. The minimum absolute atomic E-state index is 0.0143. The van der Waals surface area contributed by atoms with E-state index in [0.29, 0.717) is 5.56 Å². The molecule has 0 aliphatic heterocycles. The molecule has 0 fully saturated rings. The third-order valence-corrected chi connectivity index (χ3v) is 4.40. The van der Waals surface area contributed by atoms with Gasteiger partial charge in [0.05, 0.1) is 18.2 Å². The number of hydrogen-bond donors (Lipinski definition) is 2. The van der Waals surface area contributed by atoms with Gasteiger partial charge in [-0.3, -0.25) is 0 Å². The van der Waals surface area contributed by atoms with Crippen LogP contribution >= 0.6 is 11.6 Å². The lowest BCUT2D eigenvalue weighted by Gasteiger charge is -2.14. The monoisotopic (exact) mass is 316 g/mol. The van der Waals surface area contributed by atoms with Gasteiger partial charge < -0.3 is 10.5 Å². The second kappa shape index (κ2) is 7.62. The predicted molar refractivity (Wildman–Crippen MR) is 79.0 cm³/mol. The first kappa shape index (κ1) is 17.0. The molecule has 0 saturated carbocycles. The quantitative estimate of drug-likeness (QED) is 0.793. The summed E-state index contributed by atoms with van der Waals surface area (Å²) < 4.78 is 31.7. The Labute approximate surface area is 124 Å². The van der Waals surface area contributed by atoms with Crippen LogP contribution in [0.4, 0.5) is 0 Å². The van der Waals surface area contributed by atoms with Crippen molar-refractivity contribution in [2.45, 2.75) is 17.9 Å². The van der Waals surface area contributed by atoms with Crippen LogP contribution < -0.4 is 10.5 Å². The van der Waals surface area contributed by atoms with Crippen molar-refractivity contribution in [1.82, 2.24) is 4.72 Å². The van der Waals surface area contributed by atoms with Gasteiger partial charge in [0.1, 0.15) is 4.90 Å². The molecule has 0 saturated heterocycles.